The lowest BCUT2D eigenvalue weighted by atomic mass is 10.0. The largest absolute Gasteiger partial charge is 0.345 e. The Kier molecular flexibility index (Phi) is 5.71. The standard InChI is InChI=1S/C37H28N2/c1-38(36-17-16-31-23-28-10-7-8-11-29(28)24-32(31)26-36)33-19-21-35(22-20-33)39(34-13-3-2-4-14-34)37-18-15-27-9-5-6-12-30(27)25-37/h2-26H,1H3. The van der Waals surface area contributed by atoms with E-state index in [-0.39, 0.29) is 0 Å². The van der Waals surface area contributed by atoms with Gasteiger partial charge in [0.05, 0.1) is 0 Å². The second kappa shape index (κ2) is 9.66. The lowest BCUT2D eigenvalue weighted by Gasteiger charge is -2.27. The Balaban J connectivity index is 1.24. The molecule has 0 N–H and O–H groups in total. The van der Waals surface area contributed by atoms with Crippen molar-refractivity contribution in [1.29, 1.82) is 0 Å². The van der Waals surface area contributed by atoms with E-state index < -0.39 is 0 Å². The molecule has 0 unspecified atom stereocenters. The minimum absolute atomic E-state index is 1.12. The van der Waals surface area contributed by atoms with Gasteiger partial charge in [-0.15, -0.1) is 0 Å². The smallest absolute Gasteiger partial charge is 0.0468 e. The molecule has 0 aliphatic rings. The second-order valence-corrected chi connectivity index (χ2v) is 10.0. The van der Waals surface area contributed by atoms with Gasteiger partial charge in [0.15, 0.2) is 0 Å². The number of anilines is 5. The molecule has 0 saturated heterocycles. The van der Waals surface area contributed by atoms with Crippen LogP contribution in [0.4, 0.5) is 28.4 Å². The molecule has 39 heavy (non-hydrogen) atoms. The number of benzene rings is 7. The molecule has 2 nitrogen and oxygen atoms in total. The highest BCUT2D eigenvalue weighted by Gasteiger charge is 2.14. The Hall–Kier alpha value is -5.08. The Bertz CT molecular complexity index is 1920. The predicted octanol–water partition coefficient (Wildman–Crippen LogP) is 10.4. The van der Waals surface area contributed by atoms with Crippen LogP contribution in [-0.4, -0.2) is 7.05 Å². The second-order valence-electron chi connectivity index (χ2n) is 10.0. The van der Waals surface area contributed by atoms with Crippen LogP contribution in [0.2, 0.25) is 0 Å². The molecule has 0 saturated carbocycles. The van der Waals surface area contributed by atoms with Crippen molar-refractivity contribution in [2.75, 3.05) is 16.8 Å². The molecule has 0 amide bonds. The van der Waals surface area contributed by atoms with Crippen molar-refractivity contribution in [3.63, 3.8) is 0 Å². The molecule has 7 rings (SSSR count). The van der Waals surface area contributed by atoms with E-state index in [2.05, 4.69) is 169 Å². The number of nitrogens with zero attached hydrogens (tertiary/aromatic N) is 2. The minimum atomic E-state index is 1.12. The van der Waals surface area contributed by atoms with Crippen LogP contribution in [0.15, 0.2) is 152 Å². The highest BCUT2D eigenvalue weighted by Crippen LogP contribution is 2.37. The highest BCUT2D eigenvalue weighted by atomic mass is 15.1. The number of hydrogen-bond donors (Lipinski definition) is 0. The van der Waals surface area contributed by atoms with Crippen LogP contribution in [0.1, 0.15) is 0 Å². The molecular weight excluding hydrogens is 472 g/mol. The van der Waals surface area contributed by atoms with Gasteiger partial charge in [0.25, 0.3) is 0 Å². The average Bonchev–Trinajstić information content (AvgIpc) is 3.00. The monoisotopic (exact) mass is 500 g/mol. The zero-order chi connectivity index (χ0) is 26.2. The van der Waals surface area contributed by atoms with Gasteiger partial charge in [-0.05, 0) is 105 Å². The van der Waals surface area contributed by atoms with Crippen LogP contribution in [0.5, 0.6) is 0 Å². The molecular formula is C37H28N2. The van der Waals surface area contributed by atoms with Gasteiger partial charge in [0.1, 0.15) is 0 Å². The summed E-state index contributed by atoms with van der Waals surface area (Å²) in [6.07, 6.45) is 0. The van der Waals surface area contributed by atoms with Crippen molar-refractivity contribution in [3.05, 3.63) is 152 Å². The summed E-state index contributed by atoms with van der Waals surface area (Å²) in [6.45, 7) is 0. The molecule has 2 heteroatoms. The van der Waals surface area contributed by atoms with Crippen LogP contribution >= 0.6 is 0 Å². The van der Waals surface area contributed by atoms with Gasteiger partial charge in [-0.1, -0.05) is 78.9 Å². The average molecular weight is 501 g/mol. The Morgan fingerprint density at radius 1 is 0.308 bits per heavy atom. The summed E-state index contributed by atoms with van der Waals surface area (Å²) in [5.41, 5.74) is 5.71. The molecule has 0 aliphatic heterocycles. The quantitative estimate of drug-likeness (QED) is 0.217. The normalized spacial score (nSPS) is 11.2. The molecule has 0 radical (unpaired) electrons. The fourth-order valence-corrected chi connectivity index (χ4v) is 5.45. The maximum absolute atomic E-state index is 2.32. The summed E-state index contributed by atoms with van der Waals surface area (Å²) in [6, 6.07) is 54.4. The molecule has 186 valence electrons. The van der Waals surface area contributed by atoms with Crippen molar-refractivity contribution in [2.45, 2.75) is 0 Å². The van der Waals surface area contributed by atoms with Gasteiger partial charge in [-0.2, -0.15) is 0 Å². The fourth-order valence-electron chi connectivity index (χ4n) is 5.45. The van der Waals surface area contributed by atoms with Crippen molar-refractivity contribution in [1.82, 2.24) is 0 Å². The molecule has 7 aromatic carbocycles. The van der Waals surface area contributed by atoms with Crippen LogP contribution in [-0.2, 0) is 0 Å². The molecule has 0 heterocycles. The first-order valence-electron chi connectivity index (χ1n) is 13.3. The molecule has 0 bridgehead atoms. The first kappa shape index (κ1) is 23.1. The van der Waals surface area contributed by atoms with E-state index in [1.165, 1.54) is 38.0 Å². The minimum Gasteiger partial charge on any atom is -0.345 e. The third kappa shape index (κ3) is 4.36. The van der Waals surface area contributed by atoms with E-state index in [1.807, 2.05) is 0 Å². The number of hydrogen-bond acceptors (Lipinski definition) is 2. The van der Waals surface area contributed by atoms with E-state index in [4.69, 9.17) is 0 Å². The van der Waals surface area contributed by atoms with Gasteiger partial charge >= 0.3 is 0 Å². The van der Waals surface area contributed by atoms with Crippen molar-refractivity contribution in [2.24, 2.45) is 0 Å². The zero-order valence-corrected chi connectivity index (χ0v) is 21.8. The van der Waals surface area contributed by atoms with Gasteiger partial charge in [-0.3, -0.25) is 0 Å². The summed E-state index contributed by atoms with van der Waals surface area (Å²) < 4.78 is 0. The highest BCUT2D eigenvalue weighted by molar-refractivity contribution is 5.99. The lowest BCUT2D eigenvalue weighted by molar-refractivity contribution is 1.21. The van der Waals surface area contributed by atoms with Crippen molar-refractivity contribution < 1.29 is 0 Å². The summed E-state index contributed by atoms with van der Waals surface area (Å²) in [5.74, 6) is 0. The number of fused-ring (bicyclic) bond motifs is 3. The Morgan fingerprint density at radius 3 is 1.46 bits per heavy atom. The molecule has 0 spiro atoms. The third-order valence-corrected chi connectivity index (χ3v) is 7.58. The molecule has 0 atom stereocenters. The van der Waals surface area contributed by atoms with Gasteiger partial charge in [0, 0.05) is 35.5 Å². The number of para-hydroxylation sites is 1. The van der Waals surface area contributed by atoms with E-state index in [1.54, 1.807) is 0 Å². The molecule has 7 aromatic rings. The van der Waals surface area contributed by atoms with Crippen molar-refractivity contribution >= 4 is 60.8 Å². The first-order valence-corrected chi connectivity index (χ1v) is 13.3. The summed E-state index contributed by atoms with van der Waals surface area (Å²) in [7, 11) is 2.13. The van der Waals surface area contributed by atoms with E-state index in [0.29, 0.717) is 0 Å². The zero-order valence-electron chi connectivity index (χ0n) is 21.8. The van der Waals surface area contributed by atoms with Gasteiger partial charge < -0.3 is 9.80 Å². The Labute approximate surface area is 229 Å². The maximum Gasteiger partial charge on any atom is 0.0468 e. The fraction of sp³-hybridized carbons (Fsp3) is 0.0270. The Morgan fingerprint density at radius 2 is 0.744 bits per heavy atom. The van der Waals surface area contributed by atoms with Gasteiger partial charge in [-0.25, -0.2) is 0 Å². The SMILES string of the molecule is CN(c1ccc(N(c2ccccc2)c2ccc3ccccc3c2)cc1)c1ccc2cc3ccccc3cc2c1. The molecule has 0 aromatic heterocycles. The first-order chi connectivity index (χ1) is 19.2. The van der Waals surface area contributed by atoms with E-state index in [9.17, 15) is 0 Å². The van der Waals surface area contributed by atoms with Crippen LogP contribution in [0.25, 0.3) is 32.3 Å². The molecule has 0 fully saturated rings. The maximum atomic E-state index is 2.32. The van der Waals surface area contributed by atoms with Crippen LogP contribution < -0.4 is 9.80 Å². The molecule has 0 aliphatic carbocycles. The van der Waals surface area contributed by atoms with Crippen LogP contribution in [0, 0.1) is 0 Å². The van der Waals surface area contributed by atoms with Crippen LogP contribution in [0.3, 0.4) is 0 Å². The van der Waals surface area contributed by atoms with Crippen molar-refractivity contribution in [3.8, 4) is 0 Å². The lowest BCUT2D eigenvalue weighted by Crippen LogP contribution is -2.12. The van der Waals surface area contributed by atoms with E-state index >= 15 is 0 Å². The summed E-state index contributed by atoms with van der Waals surface area (Å²) in [4.78, 5) is 4.57. The number of rotatable bonds is 5. The summed E-state index contributed by atoms with van der Waals surface area (Å²) in [5, 5.41) is 7.53. The topological polar surface area (TPSA) is 6.48 Å². The third-order valence-electron chi connectivity index (χ3n) is 7.58. The predicted molar refractivity (Wildman–Crippen MR) is 168 cm³/mol. The van der Waals surface area contributed by atoms with Gasteiger partial charge in [0.2, 0.25) is 0 Å². The van der Waals surface area contributed by atoms with E-state index in [0.717, 1.165) is 22.7 Å². The summed E-state index contributed by atoms with van der Waals surface area (Å²) >= 11 is 0.